The molecule has 3 fully saturated rings. The minimum atomic E-state index is -1.29. The maximum absolute atomic E-state index is 11.1. The summed E-state index contributed by atoms with van der Waals surface area (Å²) in [4.78, 5) is 22.1. The standard InChI is InChI=1S/C11H16O5.2Na/c1-16-7-4-5-2-3-6(7)9(11(14)15)8(5)10(12)13;;/h5-9H,2-4H2,1H3,(H,12,13)(H,14,15);;/q;2*+1/p-2. The molecule has 0 saturated heterocycles. The number of ether oxygens (including phenoxy) is 1. The number of aliphatic carboxylic acids is 2. The largest absolute Gasteiger partial charge is 1.00 e. The van der Waals surface area contributed by atoms with Gasteiger partial charge in [0.2, 0.25) is 0 Å². The molecule has 90 valence electrons. The Morgan fingerprint density at radius 3 is 2.06 bits per heavy atom. The third-order valence-electron chi connectivity index (χ3n) is 4.09. The Morgan fingerprint density at radius 2 is 1.61 bits per heavy atom. The van der Waals surface area contributed by atoms with Crippen LogP contribution >= 0.6 is 0 Å². The zero-order valence-electron chi connectivity index (χ0n) is 11.0. The van der Waals surface area contributed by atoms with Gasteiger partial charge in [0.25, 0.3) is 0 Å². The predicted octanol–water partition coefficient (Wildman–Crippen LogP) is -7.83. The van der Waals surface area contributed by atoms with Crippen LogP contribution in [0.3, 0.4) is 0 Å². The Hall–Kier alpha value is 0.900. The van der Waals surface area contributed by atoms with E-state index in [2.05, 4.69) is 0 Å². The van der Waals surface area contributed by atoms with Gasteiger partial charge in [-0.1, -0.05) is 0 Å². The number of carbonyl (C=O) groups is 2. The molecule has 3 rings (SSSR count). The van der Waals surface area contributed by atoms with Crippen LogP contribution in [0.4, 0.5) is 0 Å². The summed E-state index contributed by atoms with van der Waals surface area (Å²) in [6, 6.07) is 0. The smallest absolute Gasteiger partial charge is 0.550 e. The third-order valence-corrected chi connectivity index (χ3v) is 4.09. The quantitative estimate of drug-likeness (QED) is 0.476. The van der Waals surface area contributed by atoms with Gasteiger partial charge in [-0.3, -0.25) is 0 Å². The number of carbonyl (C=O) groups excluding carboxylic acids is 2. The number of hydrogen-bond acceptors (Lipinski definition) is 5. The van der Waals surface area contributed by atoms with Gasteiger partial charge in [0.15, 0.2) is 0 Å². The number of fused-ring (bicyclic) bond motifs is 3. The maximum atomic E-state index is 11.1. The van der Waals surface area contributed by atoms with Crippen molar-refractivity contribution in [3.8, 4) is 0 Å². The Labute approximate surface area is 150 Å². The second-order valence-corrected chi connectivity index (χ2v) is 4.70. The van der Waals surface area contributed by atoms with Gasteiger partial charge in [-0.05, 0) is 31.1 Å². The van der Waals surface area contributed by atoms with E-state index in [9.17, 15) is 19.8 Å². The van der Waals surface area contributed by atoms with Crippen molar-refractivity contribution in [2.24, 2.45) is 23.7 Å². The Bertz CT molecular complexity index is 323. The SMILES string of the molecule is COC1CC2CCC1C(C(=O)[O-])C2C(=O)[O-].[Na+].[Na+]. The zero-order chi connectivity index (χ0) is 11.9. The van der Waals surface area contributed by atoms with Crippen molar-refractivity contribution in [2.45, 2.75) is 25.4 Å². The average Bonchev–Trinajstić information content (AvgIpc) is 2.27. The van der Waals surface area contributed by atoms with Gasteiger partial charge in [-0.15, -0.1) is 0 Å². The molecule has 0 heterocycles. The van der Waals surface area contributed by atoms with Gasteiger partial charge in [0.05, 0.1) is 6.10 Å². The monoisotopic (exact) mass is 272 g/mol. The van der Waals surface area contributed by atoms with Crippen molar-refractivity contribution >= 4 is 11.9 Å². The molecule has 2 bridgehead atoms. The summed E-state index contributed by atoms with van der Waals surface area (Å²) in [6.45, 7) is 0. The molecular formula is C11H14Na2O5. The van der Waals surface area contributed by atoms with E-state index in [0.29, 0.717) is 12.8 Å². The van der Waals surface area contributed by atoms with Crippen LogP contribution in [0, 0.1) is 23.7 Å². The molecular weight excluding hydrogens is 258 g/mol. The molecule has 18 heavy (non-hydrogen) atoms. The number of carboxylic acids is 2. The second-order valence-electron chi connectivity index (χ2n) is 4.70. The van der Waals surface area contributed by atoms with Crippen LogP contribution in [0.25, 0.3) is 0 Å². The summed E-state index contributed by atoms with van der Waals surface area (Å²) in [7, 11) is 1.53. The molecule has 3 aliphatic carbocycles. The molecule has 5 nitrogen and oxygen atoms in total. The van der Waals surface area contributed by atoms with Crippen LogP contribution in [0.15, 0.2) is 0 Å². The van der Waals surface area contributed by atoms with Crippen LogP contribution in [0.2, 0.25) is 0 Å². The summed E-state index contributed by atoms with van der Waals surface area (Å²) in [5, 5.41) is 22.1. The Balaban J connectivity index is 0.00000144. The van der Waals surface area contributed by atoms with Crippen molar-refractivity contribution in [2.75, 3.05) is 7.11 Å². The summed E-state index contributed by atoms with van der Waals surface area (Å²) in [6.07, 6.45) is 1.90. The van der Waals surface area contributed by atoms with Crippen molar-refractivity contribution < 1.29 is 83.7 Å². The molecule has 0 aromatic rings. The molecule has 3 aliphatic rings. The molecule has 0 amide bonds. The van der Waals surface area contributed by atoms with E-state index in [4.69, 9.17) is 4.74 Å². The van der Waals surface area contributed by atoms with Crippen LogP contribution in [-0.2, 0) is 14.3 Å². The minimum absolute atomic E-state index is 0. The number of rotatable bonds is 3. The van der Waals surface area contributed by atoms with Gasteiger partial charge in [-0.25, -0.2) is 0 Å². The van der Waals surface area contributed by atoms with Gasteiger partial charge in [-0.2, -0.15) is 0 Å². The minimum Gasteiger partial charge on any atom is -0.550 e. The van der Waals surface area contributed by atoms with Crippen molar-refractivity contribution in [3.05, 3.63) is 0 Å². The van der Waals surface area contributed by atoms with E-state index in [1.54, 1.807) is 0 Å². The molecule has 0 radical (unpaired) electrons. The fourth-order valence-corrected chi connectivity index (χ4v) is 3.41. The van der Waals surface area contributed by atoms with E-state index >= 15 is 0 Å². The number of methoxy groups -OCH3 is 1. The van der Waals surface area contributed by atoms with Crippen molar-refractivity contribution in [3.63, 3.8) is 0 Å². The normalized spacial score (nSPS) is 37.3. The fourth-order valence-electron chi connectivity index (χ4n) is 3.41. The first kappa shape index (κ1) is 18.9. The van der Waals surface area contributed by atoms with E-state index in [0.717, 1.165) is 6.42 Å². The summed E-state index contributed by atoms with van der Waals surface area (Å²) in [5.41, 5.74) is 0. The van der Waals surface area contributed by atoms with E-state index in [1.807, 2.05) is 0 Å². The van der Waals surface area contributed by atoms with E-state index in [-0.39, 0.29) is 77.1 Å². The molecule has 5 unspecified atom stereocenters. The van der Waals surface area contributed by atoms with Gasteiger partial charge in [0.1, 0.15) is 0 Å². The fraction of sp³-hybridized carbons (Fsp3) is 0.818. The summed E-state index contributed by atoms with van der Waals surface area (Å²) in [5.74, 6) is -4.81. The molecule has 7 heteroatoms. The topological polar surface area (TPSA) is 89.5 Å². The molecule has 5 atom stereocenters. The molecule has 0 aromatic heterocycles. The molecule has 0 aliphatic heterocycles. The van der Waals surface area contributed by atoms with Gasteiger partial charge < -0.3 is 24.5 Å². The Morgan fingerprint density at radius 1 is 1.06 bits per heavy atom. The van der Waals surface area contributed by atoms with Crippen molar-refractivity contribution in [1.29, 1.82) is 0 Å². The van der Waals surface area contributed by atoms with Gasteiger partial charge in [0, 0.05) is 30.9 Å². The van der Waals surface area contributed by atoms with Gasteiger partial charge >= 0.3 is 59.1 Å². The molecule has 0 N–H and O–H groups in total. The van der Waals surface area contributed by atoms with E-state index in [1.165, 1.54) is 7.11 Å². The molecule has 3 saturated carbocycles. The first-order chi connectivity index (χ1) is 7.56. The number of hydrogen-bond donors (Lipinski definition) is 0. The number of carboxylic acid groups (broad SMARTS) is 2. The average molecular weight is 272 g/mol. The van der Waals surface area contributed by atoms with Crippen LogP contribution < -0.4 is 69.3 Å². The predicted molar refractivity (Wildman–Crippen MR) is 48.6 cm³/mol. The molecule has 0 spiro atoms. The zero-order valence-corrected chi connectivity index (χ0v) is 15.0. The van der Waals surface area contributed by atoms with E-state index < -0.39 is 23.8 Å². The van der Waals surface area contributed by atoms with Crippen LogP contribution in [0.5, 0.6) is 0 Å². The summed E-state index contributed by atoms with van der Waals surface area (Å²) < 4.78 is 5.23. The Kier molecular flexibility index (Phi) is 8.00. The second kappa shape index (κ2) is 7.62. The van der Waals surface area contributed by atoms with Crippen molar-refractivity contribution in [1.82, 2.24) is 0 Å². The first-order valence-electron chi connectivity index (χ1n) is 5.50. The first-order valence-corrected chi connectivity index (χ1v) is 5.50. The summed E-state index contributed by atoms with van der Waals surface area (Å²) >= 11 is 0. The third kappa shape index (κ3) is 3.32. The molecule has 0 aromatic carbocycles. The van der Waals surface area contributed by atoms with Crippen LogP contribution in [0.1, 0.15) is 19.3 Å². The van der Waals surface area contributed by atoms with Crippen LogP contribution in [-0.4, -0.2) is 25.2 Å². The maximum Gasteiger partial charge on any atom is 1.00 e.